The largest absolute Gasteiger partial charge is 0.354 e. The number of nitrogens with one attached hydrogen (secondary N) is 1. The number of para-hydroxylation sites is 3. The molecule has 0 bridgehead atoms. The number of rotatable bonds is 4. The highest BCUT2D eigenvalue weighted by molar-refractivity contribution is 7.25. The first-order chi connectivity index (χ1) is 19.3. The van der Waals surface area contributed by atoms with Crippen LogP contribution in [0.5, 0.6) is 0 Å². The van der Waals surface area contributed by atoms with Gasteiger partial charge < -0.3 is 9.88 Å². The van der Waals surface area contributed by atoms with Crippen molar-refractivity contribution in [3.63, 3.8) is 0 Å². The molecule has 6 aromatic carbocycles. The molecule has 0 saturated carbocycles. The van der Waals surface area contributed by atoms with Crippen molar-refractivity contribution >= 4 is 70.4 Å². The third kappa shape index (κ3) is 3.55. The van der Waals surface area contributed by atoms with E-state index in [0.717, 1.165) is 28.1 Å². The van der Waals surface area contributed by atoms with Crippen molar-refractivity contribution in [2.75, 3.05) is 4.90 Å². The van der Waals surface area contributed by atoms with Crippen LogP contribution in [-0.2, 0) is 0 Å². The summed E-state index contributed by atoms with van der Waals surface area (Å²) < 4.78 is 2.65. The van der Waals surface area contributed by atoms with E-state index in [9.17, 15) is 0 Å². The summed E-state index contributed by atoms with van der Waals surface area (Å²) in [5.74, 6) is 0. The molecular weight excluding hydrogens is 492 g/mol. The maximum Gasteiger partial charge on any atom is 0.0565 e. The Labute approximate surface area is 230 Å². The summed E-state index contributed by atoms with van der Waals surface area (Å²) in [7, 11) is 0. The number of thiophene rings is 1. The van der Waals surface area contributed by atoms with E-state index >= 15 is 0 Å². The minimum absolute atomic E-state index is 1.13. The van der Waals surface area contributed by atoms with E-state index in [4.69, 9.17) is 0 Å². The lowest BCUT2D eigenvalue weighted by molar-refractivity contribution is 1.30. The maximum absolute atomic E-state index is 3.79. The van der Waals surface area contributed by atoms with Gasteiger partial charge in [0.25, 0.3) is 0 Å². The van der Waals surface area contributed by atoms with Crippen LogP contribution in [0, 0.1) is 0 Å². The smallest absolute Gasteiger partial charge is 0.0565 e. The summed E-state index contributed by atoms with van der Waals surface area (Å²) in [6.07, 6.45) is 0. The molecule has 39 heavy (non-hydrogen) atoms. The zero-order valence-corrected chi connectivity index (χ0v) is 22.0. The Morgan fingerprint density at radius 3 is 1.92 bits per heavy atom. The Morgan fingerprint density at radius 1 is 0.513 bits per heavy atom. The molecule has 8 aromatic rings. The van der Waals surface area contributed by atoms with Gasteiger partial charge in [-0.05, 0) is 54.1 Å². The molecular formula is C36H24N2S. The van der Waals surface area contributed by atoms with E-state index < -0.39 is 0 Å². The summed E-state index contributed by atoms with van der Waals surface area (Å²) in [5, 5.41) is 5.11. The third-order valence-corrected chi connectivity index (χ3v) is 8.73. The Bertz CT molecular complexity index is 2080. The van der Waals surface area contributed by atoms with Gasteiger partial charge in [0.2, 0.25) is 0 Å². The van der Waals surface area contributed by atoms with E-state index in [1.54, 1.807) is 0 Å². The highest BCUT2D eigenvalue weighted by atomic mass is 32.1. The summed E-state index contributed by atoms with van der Waals surface area (Å²) in [6.45, 7) is 0. The van der Waals surface area contributed by atoms with Gasteiger partial charge in [-0.2, -0.15) is 0 Å². The molecule has 0 spiro atoms. The molecule has 0 aliphatic heterocycles. The number of anilines is 3. The van der Waals surface area contributed by atoms with Crippen LogP contribution in [0.3, 0.4) is 0 Å². The molecule has 0 atom stereocenters. The monoisotopic (exact) mass is 516 g/mol. The normalized spacial score (nSPS) is 11.6. The minimum atomic E-state index is 1.13. The Balaban J connectivity index is 1.41. The molecule has 8 rings (SSSR count). The topological polar surface area (TPSA) is 19.0 Å². The van der Waals surface area contributed by atoms with Gasteiger partial charge in [0.1, 0.15) is 0 Å². The van der Waals surface area contributed by atoms with E-state index in [1.807, 2.05) is 11.3 Å². The van der Waals surface area contributed by atoms with Crippen molar-refractivity contribution in [3.8, 4) is 11.1 Å². The number of benzene rings is 6. The average Bonchev–Trinajstić information content (AvgIpc) is 3.57. The standard InChI is InChI=1S/C36H24N2S/c1-3-11-25(12-4-1)38(26-13-5-2-6-14-26)32-22-21-27(36-35(32)30-16-7-9-17-31(30)37-36)24-19-20-29-28-15-8-10-18-33(28)39-34(29)23-24/h1-23,37H. The zero-order valence-electron chi connectivity index (χ0n) is 21.1. The lowest BCUT2D eigenvalue weighted by atomic mass is 9.98. The Morgan fingerprint density at radius 2 is 1.15 bits per heavy atom. The molecule has 2 heterocycles. The second-order valence-corrected chi connectivity index (χ2v) is 11.0. The molecule has 0 aliphatic carbocycles. The summed E-state index contributed by atoms with van der Waals surface area (Å²) >= 11 is 1.87. The van der Waals surface area contributed by atoms with Crippen LogP contribution in [0.4, 0.5) is 17.1 Å². The number of aromatic nitrogens is 1. The van der Waals surface area contributed by atoms with E-state index in [-0.39, 0.29) is 0 Å². The molecule has 3 heteroatoms. The van der Waals surface area contributed by atoms with E-state index in [2.05, 4.69) is 149 Å². The second kappa shape index (κ2) is 8.87. The summed E-state index contributed by atoms with van der Waals surface area (Å²) in [5.41, 5.74) is 8.17. The van der Waals surface area contributed by atoms with E-state index in [0.29, 0.717) is 0 Å². The van der Waals surface area contributed by atoms with Gasteiger partial charge in [-0.25, -0.2) is 0 Å². The van der Waals surface area contributed by atoms with E-state index in [1.165, 1.54) is 42.1 Å². The van der Waals surface area contributed by atoms with Gasteiger partial charge in [0, 0.05) is 53.4 Å². The van der Waals surface area contributed by atoms with Crippen LogP contribution in [0.25, 0.3) is 53.1 Å². The Kier molecular flexibility index (Phi) is 5.04. The highest BCUT2D eigenvalue weighted by Gasteiger charge is 2.20. The first-order valence-electron chi connectivity index (χ1n) is 13.2. The lowest BCUT2D eigenvalue weighted by Crippen LogP contribution is -2.10. The van der Waals surface area contributed by atoms with Crippen molar-refractivity contribution in [1.82, 2.24) is 4.98 Å². The molecule has 0 fully saturated rings. The van der Waals surface area contributed by atoms with Crippen molar-refractivity contribution < 1.29 is 0 Å². The van der Waals surface area contributed by atoms with Gasteiger partial charge in [-0.3, -0.25) is 0 Å². The van der Waals surface area contributed by atoms with Crippen molar-refractivity contribution in [1.29, 1.82) is 0 Å². The average molecular weight is 517 g/mol. The van der Waals surface area contributed by atoms with Crippen LogP contribution < -0.4 is 4.90 Å². The molecule has 0 radical (unpaired) electrons. The number of hydrogen-bond donors (Lipinski definition) is 1. The fourth-order valence-electron chi connectivity index (χ4n) is 5.84. The van der Waals surface area contributed by atoms with Crippen LogP contribution in [-0.4, -0.2) is 4.98 Å². The minimum Gasteiger partial charge on any atom is -0.354 e. The maximum atomic E-state index is 3.79. The molecule has 0 amide bonds. The fourth-order valence-corrected chi connectivity index (χ4v) is 6.99. The molecule has 0 unspecified atom stereocenters. The van der Waals surface area contributed by atoms with Crippen LogP contribution in [0.2, 0.25) is 0 Å². The van der Waals surface area contributed by atoms with Crippen molar-refractivity contribution in [3.05, 3.63) is 140 Å². The fraction of sp³-hybridized carbons (Fsp3) is 0. The van der Waals surface area contributed by atoms with Crippen LogP contribution >= 0.6 is 11.3 Å². The van der Waals surface area contributed by atoms with Crippen molar-refractivity contribution in [2.24, 2.45) is 0 Å². The first kappa shape index (κ1) is 22.2. The lowest BCUT2D eigenvalue weighted by Gasteiger charge is -2.26. The third-order valence-electron chi connectivity index (χ3n) is 7.60. The van der Waals surface area contributed by atoms with Gasteiger partial charge in [-0.1, -0.05) is 91.0 Å². The summed E-state index contributed by atoms with van der Waals surface area (Å²) in [4.78, 5) is 6.16. The highest BCUT2D eigenvalue weighted by Crippen LogP contribution is 2.45. The van der Waals surface area contributed by atoms with Crippen LogP contribution in [0.1, 0.15) is 0 Å². The quantitative estimate of drug-likeness (QED) is 0.246. The zero-order chi connectivity index (χ0) is 25.8. The SMILES string of the molecule is c1ccc(N(c2ccccc2)c2ccc(-c3ccc4c(c3)sc3ccccc34)c3[nH]c4ccccc4c23)cc1. The Hall–Kier alpha value is -4.86. The molecule has 0 saturated heterocycles. The molecule has 1 N–H and O–H groups in total. The summed E-state index contributed by atoms with van der Waals surface area (Å²) in [6, 6.07) is 50.1. The second-order valence-electron chi connectivity index (χ2n) is 9.87. The number of H-pyrrole nitrogens is 1. The molecule has 184 valence electrons. The van der Waals surface area contributed by atoms with Gasteiger partial charge in [0.05, 0.1) is 11.2 Å². The van der Waals surface area contributed by atoms with Gasteiger partial charge >= 0.3 is 0 Å². The molecule has 0 aliphatic rings. The number of nitrogens with zero attached hydrogens (tertiary/aromatic N) is 1. The first-order valence-corrected chi connectivity index (χ1v) is 14.0. The predicted molar refractivity (Wildman–Crippen MR) is 169 cm³/mol. The number of fused-ring (bicyclic) bond motifs is 6. The van der Waals surface area contributed by atoms with Crippen molar-refractivity contribution in [2.45, 2.75) is 0 Å². The molecule has 2 aromatic heterocycles. The number of hydrogen-bond acceptors (Lipinski definition) is 2. The number of aromatic amines is 1. The van der Waals surface area contributed by atoms with Gasteiger partial charge in [-0.15, -0.1) is 11.3 Å². The van der Waals surface area contributed by atoms with Crippen LogP contribution in [0.15, 0.2) is 140 Å². The predicted octanol–water partition coefficient (Wildman–Crippen LogP) is 10.8. The van der Waals surface area contributed by atoms with Gasteiger partial charge in [0.15, 0.2) is 0 Å². The molecule has 2 nitrogen and oxygen atoms in total.